The quantitative estimate of drug-likeness (QED) is 0.522. The number of thioether (sulfide) groups is 1. The first kappa shape index (κ1) is 18.7. The molecule has 0 saturated carbocycles. The Balaban J connectivity index is 1.66. The van der Waals surface area contributed by atoms with Crippen molar-refractivity contribution in [3.05, 3.63) is 66.4 Å². The number of amides is 1. The van der Waals surface area contributed by atoms with Crippen LogP contribution in [0.1, 0.15) is 10.4 Å². The minimum atomic E-state index is -0.491. The number of benzene rings is 2. The van der Waals surface area contributed by atoms with Gasteiger partial charge in [0.25, 0.3) is 0 Å². The van der Waals surface area contributed by atoms with Gasteiger partial charge < -0.3 is 14.6 Å². The van der Waals surface area contributed by atoms with Crippen molar-refractivity contribution in [2.45, 2.75) is 5.16 Å². The van der Waals surface area contributed by atoms with Crippen LogP contribution in [0, 0.1) is 0 Å². The van der Waals surface area contributed by atoms with Crippen LogP contribution in [-0.2, 0) is 16.6 Å². The number of imidazole rings is 1. The summed E-state index contributed by atoms with van der Waals surface area (Å²) in [6.45, 7) is 0. The second-order valence-electron chi connectivity index (χ2n) is 5.73. The maximum absolute atomic E-state index is 12.3. The Morgan fingerprint density at radius 2 is 1.81 bits per heavy atom. The highest BCUT2D eigenvalue weighted by Gasteiger charge is 2.15. The fourth-order valence-electron chi connectivity index (χ4n) is 2.60. The van der Waals surface area contributed by atoms with Crippen molar-refractivity contribution in [2.24, 2.45) is 7.05 Å². The molecule has 7 heteroatoms. The molecule has 0 radical (unpaired) electrons. The second-order valence-corrected chi connectivity index (χ2v) is 6.67. The Hall–Kier alpha value is -3.06. The van der Waals surface area contributed by atoms with Crippen LogP contribution in [-0.4, -0.2) is 34.3 Å². The highest BCUT2D eigenvalue weighted by molar-refractivity contribution is 7.99. The Morgan fingerprint density at radius 1 is 1.11 bits per heavy atom. The van der Waals surface area contributed by atoms with Gasteiger partial charge in [-0.1, -0.05) is 54.2 Å². The summed E-state index contributed by atoms with van der Waals surface area (Å²) >= 11 is 1.33. The van der Waals surface area contributed by atoms with Gasteiger partial charge in [-0.15, -0.1) is 0 Å². The number of anilines is 1. The summed E-state index contributed by atoms with van der Waals surface area (Å²) in [5.74, 6) is -0.537. The van der Waals surface area contributed by atoms with Gasteiger partial charge in [-0.3, -0.25) is 4.79 Å². The van der Waals surface area contributed by atoms with Crippen molar-refractivity contribution in [1.82, 2.24) is 9.55 Å². The van der Waals surface area contributed by atoms with Gasteiger partial charge in [-0.05, 0) is 17.7 Å². The van der Waals surface area contributed by atoms with E-state index in [0.717, 1.165) is 16.4 Å². The summed E-state index contributed by atoms with van der Waals surface area (Å²) in [5, 5.41) is 3.50. The Kier molecular flexibility index (Phi) is 5.93. The monoisotopic (exact) mass is 381 g/mol. The number of aromatic nitrogens is 2. The van der Waals surface area contributed by atoms with Crippen molar-refractivity contribution in [1.29, 1.82) is 0 Å². The SMILES string of the molecule is COC(=O)c1ccccc1NC(=O)CSc1ncc(-c2ccccc2)n1C. The largest absolute Gasteiger partial charge is 0.465 e. The Labute approximate surface area is 161 Å². The molecule has 138 valence electrons. The van der Waals surface area contributed by atoms with E-state index in [0.29, 0.717) is 11.3 Å². The molecule has 0 aliphatic carbocycles. The highest BCUT2D eigenvalue weighted by atomic mass is 32.2. The van der Waals surface area contributed by atoms with E-state index in [1.54, 1.807) is 30.5 Å². The van der Waals surface area contributed by atoms with Gasteiger partial charge in [0.15, 0.2) is 5.16 Å². The lowest BCUT2D eigenvalue weighted by Gasteiger charge is -2.09. The van der Waals surface area contributed by atoms with Crippen molar-refractivity contribution in [3.63, 3.8) is 0 Å². The van der Waals surface area contributed by atoms with E-state index in [1.807, 2.05) is 41.9 Å². The first-order chi connectivity index (χ1) is 13.1. The van der Waals surface area contributed by atoms with Crippen LogP contribution >= 0.6 is 11.8 Å². The van der Waals surface area contributed by atoms with Crippen LogP contribution in [0.25, 0.3) is 11.3 Å². The number of rotatable bonds is 6. The van der Waals surface area contributed by atoms with Gasteiger partial charge in [0, 0.05) is 7.05 Å². The number of hydrogen-bond donors (Lipinski definition) is 1. The molecule has 0 atom stereocenters. The fraction of sp³-hybridized carbons (Fsp3) is 0.150. The molecule has 0 spiro atoms. The Morgan fingerprint density at radius 3 is 2.56 bits per heavy atom. The molecule has 0 aliphatic heterocycles. The number of methoxy groups -OCH3 is 1. The Bertz CT molecular complexity index is 954. The molecular weight excluding hydrogens is 362 g/mol. The van der Waals surface area contributed by atoms with E-state index in [1.165, 1.54) is 18.9 Å². The maximum Gasteiger partial charge on any atom is 0.339 e. The molecule has 0 unspecified atom stereocenters. The van der Waals surface area contributed by atoms with Gasteiger partial charge >= 0.3 is 5.97 Å². The van der Waals surface area contributed by atoms with Gasteiger partial charge in [-0.2, -0.15) is 0 Å². The number of hydrogen-bond acceptors (Lipinski definition) is 5. The third-order valence-corrected chi connectivity index (χ3v) is 5.00. The zero-order chi connectivity index (χ0) is 19.2. The predicted octanol–water partition coefficient (Wildman–Crippen LogP) is 3.60. The van der Waals surface area contributed by atoms with Gasteiger partial charge in [0.1, 0.15) is 0 Å². The first-order valence-electron chi connectivity index (χ1n) is 8.27. The fourth-order valence-corrected chi connectivity index (χ4v) is 3.35. The van der Waals surface area contributed by atoms with Crippen molar-refractivity contribution >= 4 is 29.3 Å². The van der Waals surface area contributed by atoms with Crippen molar-refractivity contribution < 1.29 is 14.3 Å². The molecule has 0 saturated heterocycles. The van der Waals surface area contributed by atoms with E-state index in [2.05, 4.69) is 10.3 Å². The highest BCUT2D eigenvalue weighted by Crippen LogP contribution is 2.25. The number of para-hydroxylation sites is 1. The lowest BCUT2D eigenvalue weighted by Crippen LogP contribution is -2.17. The summed E-state index contributed by atoms with van der Waals surface area (Å²) in [6.07, 6.45) is 1.79. The van der Waals surface area contributed by atoms with Crippen molar-refractivity contribution in [2.75, 3.05) is 18.2 Å². The molecule has 3 aromatic rings. The number of esters is 1. The lowest BCUT2D eigenvalue weighted by atomic mass is 10.2. The van der Waals surface area contributed by atoms with E-state index >= 15 is 0 Å². The molecule has 2 aromatic carbocycles. The van der Waals surface area contributed by atoms with Gasteiger partial charge in [0.05, 0.1) is 36.0 Å². The normalized spacial score (nSPS) is 10.4. The smallest absolute Gasteiger partial charge is 0.339 e. The molecular formula is C20H19N3O3S. The number of carbonyl (C=O) groups excluding carboxylic acids is 2. The third-order valence-electron chi connectivity index (χ3n) is 3.95. The molecule has 6 nitrogen and oxygen atoms in total. The van der Waals surface area contributed by atoms with Crippen molar-refractivity contribution in [3.8, 4) is 11.3 Å². The standard InChI is InChI=1S/C20H19N3O3S/c1-23-17(14-8-4-3-5-9-14)12-21-20(23)27-13-18(24)22-16-11-7-6-10-15(16)19(25)26-2/h3-12H,13H2,1-2H3,(H,22,24). The van der Waals surface area contributed by atoms with E-state index < -0.39 is 5.97 Å². The first-order valence-corrected chi connectivity index (χ1v) is 9.26. The molecule has 27 heavy (non-hydrogen) atoms. The van der Waals surface area contributed by atoms with E-state index in [4.69, 9.17) is 4.74 Å². The molecule has 0 fully saturated rings. The van der Waals surface area contributed by atoms with E-state index in [9.17, 15) is 9.59 Å². The maximum atomic E-state index is 12.3. The van der Waals surface area contributed by atoms with Gasteiger partial charge in [0.2, 0.25) is 5.91 Å². The molecule has 1 heterocycles. The van der Waals surface area contributed by atoms with Crippen LogP contribution in [0.4, 0.5) is 5.69 Å². The van der Waals surface area contributed by atoms with Crippen LogP contribution in [0.3, 0.4) is 0 Å². The predicted molar refractivity (Wildman–Crippen MR) is 106 cm³/mol. The summed E-state index contributed by atoms with van der Waals surface area (Å²) in [5.41, 5.74) is 2.80. The van der Waals surface area contributed by atoms with Crippen LogP contribution < -0.4 is 5.32 Å². The lowest BCUT2D eigenvalue weighted by molar-refractivity contribution is -0.113. The molecule has 0 bridgehead atoms. The molecule has 1 aromatic heterocycles. The van der Waals surface area contributed by atoms with E-state index in [-0.39, 0.29) is 11.7 Å². The molecule has 1 amide bonds. The average Bonchev–Trinajstić information content (AvgIpc) is 3.07. The van der Waals surface area contributed by atoms with Crippen LogP contribution in [0.15, 0.2) is 66.0 Å². The third kappa shape index (κ3) is 4.38. The summed E-state index contributed by atoms with van der Waals surface area (Å²) in [7, 11) is 3.23. The zero-order valence-corrected chi connectivity index (χ0v) is 15.8. The summed E-state index contributed by atoms with van der Waals surface area (Å²) in [4.78, 5) is 28.5. The second kappa shape index (κ2) is 8.55. The topological polar surface area (TPSA) is 73.2 Å². The molecule has 3 rings (SSSR count). The number of carbonyl (C=O) groups is 2. The summed E-state index contributed by atoms with van der Waals surface area (Å²) < 4.78 is 6.69. The molecule has 0 aliphatic rings. The average molecular weight is 381 g/mol. The zero-order valence-electron chi connectivity index (χ0n) is 15.0. The number of ether oxygens (including phenoxy) is 1. The van der Waals surface area contributed by atoms with Crippen LogP contribution in [0.5, 0.6) is 0 Å². The van der Waals surface area contributed by atoms with Gasteiger partial charge in [-0.25, -0.2) is 9.78 Å². The molecule has 1 N–H and O–H groups in total. The number of nitrogens with one attached hydrogen (secondary N) is 1. The minimum absolute atomic E-state index is 0.175. The summed E-state index contributed by atoms with van der Waals surface area (Å²) in [6, 6.07) is 16.7. The minimum Gasteiger partial charge on any atom is -0.465 e. The number of nitrogens with zero attached hydrogens (tertiary/aromatic N) is 2. The van der Waals surface area contributed by atoms with Crippen LogP contribution in [0.2, 0.25) is 0 Å².